The number of hydrogen-bond acceptors (Lipinski definition) is 6. The molecule has 0 unspecified atom stereocenters. The van der Waals surface area contributed by atoms with Gasteiger partial charge in [-0.25, -0.2) is 30.5 Å². The van der Waals surface area contributed by atoms with Gasteiger partial charge in [0.1, 0.15) is 17.3 Å². The van der Waals surface area contributed by atoms with Gasteiger partial charge in [0.2, 0.25) is 20.1 Å². The second kappa shape index (κ2) is 6.91. The second-order valence-corrected chi connectivity index (χ2v) is 9.79. The molecule has 0 amide bonds. The van der Waals surface area contributed by atoms with Crippen molar-refractivity contribution in [1.29, 1.82) is 0 Å². The summed E-state index contributed by atoms with van der Waals surface area (Å²) in [5.41, 5.74) is 0.293. The summed E-state index contributed by atoms with van der Waals surface area (Å²) in [5, 5.41) is -0.660. The lowest BCUT2D eigenvalue weighted by Crippen LogP contribution is -2.21. The lowest BCUT2D eigenvalue weighted by Gasteiger charge is -2.09. The molecule has 0 atom stereocenters. The van der Waals surface area contributed by atoms with Crippen molar-refractivity contribution in [2.75, 3.05) is 14.1 Å². The molecule has 3 rings (SSSR count). The van der Waals surface area contributed by atoms with Crippen LogP contribution in [0.4, 0.5) is 4.39 Å². The van der Waals surface area contributed by atoms with Crippen LogP contribution in [-0.2, 0) is 25.6 Å². The normalized spacial score (nSPS) is 12.6. The summed E-state index contributed by atoms with van der Waals surface area (Å²) < 4.78 is 70.4. The zero-order chi connectivity index (χ0) is 19.8. The van der Waals surface area contributed by atoms with Gasteiger partial charge in [-0.3, -0.25) is 4.57 Å². The smallest absolute Gasteiger partial charge is 0.275 e. The average molecular weight is 413 g/mol. The summed E-state index contributed by atoms with van der Waals surface area (Å²) in [7, 11) is -5.12. The maximum Gasteiger partial charge on any atom is 0.275 e. The molecule has 3 aromatic rings. The summed E-state index contributed by atoms with van der Waals surface area (Å²) in [5.74, 6) is -1.17. The Balaban J connectivity index is 1.94. The van der Waals surface area contributed by atoms with E-state index >= 15 is 0 Å². The highest BCUT2D eigenvalue weighted by Gasteiger charge is 2.26. The van der Waals surface area contributed by atoms with Gasteiger partial charge in [-0.05, 0) is 30.3 Å². The number of benzene rings is 1. The Morgan fingerprint density at radius 3 is 2.56 bits per heavy atom. The van der Waals surface area contributed by atoms with Gasteiger partial charge in [-0.1, -0.05) is 6.07 Å². The van der Waals surface area contributed by atoms with Gasteiger partial charge in [0.25, 0.3) is 10.0 Å². The first-order valence-electron chi connectivity index (χ1n) is 7.64. The molecule has 0 spiro atoms. The van der Waals surface area contributed by atoms with Crippen LogP contribution in [0.5, 0.6) is 0 Å². The zero-order valence-corrected chi connectivity index (χ0v) is 16.0. The van der Waals surface area contributed by atoms with Crippen molar-refractivity contribution in [3.8, 4) is 5.69 Å². The van der Waals surface area contributed by atoms with Crippen molar-refractivity contribution < 1.29 is 25.6 Å². The fourth-order valence-corrected chi connectivity index (χ4v) is 4.51. The van der Waals surface area contributed by atoms with Crippen LogP contribution in [-0.4, -0.2) is 44.8 Å². The van der Waals surface area contributed by atoms with E-state index in [2.05, 4.69) is 4.98 Å². The van der Waals surface area contributed by atoms with E-state index in [-0.39, 0.29) is 16.0 Å². The topological polar surface area (TPSA) is 102 Å². The maximum absolute atomic E-state index is 13.5. The number of hydrogen-bond donors (Lipinski definition) is 0. The summed E-state index contributed by atoms with van der Waals surface area (Å²) in [6, 6.07) is 7.88. The summed E-state index contributed by atoms with van der Waals surface area (Å²) in [6.45, 7) is 0. The molecule has 144 valence electrons. The first-order chi connectivity index (χ1) is 12.6. The van der Waals surface area contributed by atoms with Crippen molar-refractivity contribution in [1.82, 2.24) is 13.9 Å². The molecule has 0 saturated carbocycles. The number of halogens is 1. The monoisotopic (exact) mass is 413 g/mol. The molecule has 11 heteroatoms. The Labute approximate surface area is 155 Å². The number of sulfonamides is 1. The Bertz CT molecular complexity index is 1180. The van der Waals surface area contributed by atoms with Gasteiger partial charge in [0, 0.05) is 26.5 Å². The highest BCUT2D eigenvalue weighted by molar-refractivity contribution is 7.90. The third-order valence-corrected chi connectivity index (χ3v) is 6.89. The minimum atomic E-state index is -3.99. The van der Waals surface area contributed by atoms with E-state index in [1.807, 2.05) is 0 Å². The second-order valence-electron chi connectivity index (χ2n) is 5.83. The highest BCUT2D eigenvalue weighted by Crippen LogP contribution is 2.23. The molecule has 0 aliphatic carbocycles. The van der Waals surface area contributed by atoms with Crippen LogP contribution in [0.25, 0.3) is 5.69 Å². The lowest BCUT2D eigenvalue weighted by atomic mass is 10.3. The third-order valence-electron chi connectivity index (χ3n) is 3.68. The van der Waals surface area contributed by atoms with Crippen LogP contribution in [0.1, 0.15) is 5.76 Å². The first kappa shape index (κ1) is 19.3. The quantitative estimate of drug-likeness (QED) is 0.611. The van der Waals surface area contributed by atoms with Crippen LogP contribution in [0, 0.1) is 5.82 Å². The van der Waals surface area contributed by atoms with E-state index in [9.17, 15) is 21.2 Å². The molecule has 0 saturated heterocycles. The van der Waals surface area contributed by atoms with Crippen molar-refractivity contribution >= 4 is 19.9 Å². The number of imidazole rings is 1. The van der Waals surface area contributed by atoms with Crippen LogP contribution >= 0.6 is 0 Å². The van der Waals surface area contributed by atoms with Gasteiger partial charge in [0.05, 0.1) is 5.69 Å². The molecule has 8 nitrogen and oxygen atoms in total. The van der Waals surface area contributed by atoms with Gasteiger partial charge >= 0.3 is 0 Å². The molecular formula is C16H16FN3O5S2. The molecule has 0 bridgehead atoms. The van der Waals surface area contributed by atoms with Crippen LogP contribution < -0.4 is 0 Å². The van der Waals surface area contributed by atoms with Gasteiger partial charge < -0.3 is 4.42 Å². The SMILES string of the molecule is CN(C)S(=O)(=O)c1ccc(CS(=O)(=O)c2nccn2-c2cccc(F)c2)o1. The van der Waals surface area contributed by atoms with Crippen molar-refractivity contribution in [2.45, 2.75) is 16.0 Å². The van der Waals surface area contributed by atoms with E-state index < -0.39 is 31.4 Å². The van der Waals surface area contributed by atoms with Crippen molar-refractivity contribution in [3.05, 3.63) is 60.4 Å². The average Bonchev–Trinajstić information content (AvgIpc) is 3.24. The Morgan fingerprint density at radius 2 is 1.89 bits per heavy atom. The molecule has 0 N–H and O–H groups in total. The molecule has 0 fully saturated rings. The predicted octanol–water partition coefficient (Wildman–Crippen LogP) is 1.83. The van der Waals surface area contributed by atoms with E-state index in [0.717, 1.165) is 4.31 Å². The van der Waals surface area contributed by atoms with Crippen LogP contribution in [0.15, 0.2) is 63.5 Å². The van der Waals surface area contributed by atoms with Gasteiger partial charge in [-0.2, -0.15) is 0 Å². The molecule has 0 aliphatic heterocycles. The van der Waals surface area contributed by atoms with E-state index in [1.54, 1.807) is 6.07 Å². The molecule has 27 heavy (non-hydrogen) atoms. The number of furan rings is 1. The van der Waals surface area contributed by atoms with E-state index in [1.165, 1.54) is 61.4 Å². The summed E-state index contributed by atoms with van der Waals surface area (Å²) in [6.07, 6.45) is 2.67. The first-order valence-corrected chi connectivity index (χ1v) is 10.7. The largest absolute Gasteiger partial charge is 0.447 e. The van der Waals surface area contributed by atoms with Crippen LogP contribution in [0.2, 0.25) is 0 Å². The third kappa shape index (κ3) is 3.80. The predicted molar refractivity (Wildman–Crippen MR) is 94.0 cm³/mol. The number of rotatable bonds is 6. The molecular weight excluding hydrogens is 397 g/mol. The van der Waals surface area contributed by atoms with Crippen molar-refractivity contribution in [3.63, 3.8) is 0 Å². The standard InChI is InChI=1S/C16H16FN3O5S2/c1-19(2)27(23,24)15-7-6-14(25-15)11-26(21,22)16-18-8-9-20(16)13-5-3-4-12(17)10-13/h3-10H,11H2,1-2H3. The number of aromatic nitrogens is 2. The van der Waals surface area contributed by atoms with E-state index in [0.29, 0.717) is 5.69 Å². The summed E-state index contributed by atoms with van der Waals surface area (Å²) >= 11 is 0. The zero-order valence-electron chi connectivity index (χ0n) is 14.4. The van der Waals surface area contributed by atoms with Gasteiger partial charge in [-0.15, -0.1) is 0 Å². The highest BCUT2D eigenvalue weighted by atomic mass is 32.2. The molecule has 0 aliphatic rings. The lowest BCUT2D eigenvalue weighted by molar-refractivity contribution is 0.406. The Morgan fingerprint density at radius 1 is 1.15 bits per heavy atom. The number of sulfone groups is 1. The molecule has 2 heterocycles. The molecule has 0 radical (unpaired) electrons. The minimum Gasteiger partial charge on any atom is -0.447 e. The Hall–Kier alpha value is -2.50. The van der Waals surface area contributed by atoms with Gasteiger partial charge in [0.15, 0.2) is 0 Å². The number of nitrogens with zero attached hydrogens (tertiary/aromatic N) is 3. The minimum absolute atomic E-state index is 0.0517. The summed E-state index contributed by atoms with van der Waals surface area (Å²) in [4.78, 5) is 3.86. The fourth-order valence-electron chi connectivity index (χ4n) is 2.35. The van der Waals surface area contributed by atoms with E-state index in [4.69, 9.17) is 4.42 Å². The molecule has 1 aromatic carbocycles. The Kier molecular flexibility index (Phi) is 4.93. The maximum atomic E-state index is 13.5. The van der Waals surface area contributed by atoms with Crippen LogP contribution in [0.3, 0.4) is 0 Å². The molecule has 2 aromatic heterocycles. The van der Waals surface area contributed by atoms with Crippen molar-refractivity contribution in [2.24, 2.45) is 0 Å². The fraction of sp³-hybridized carbons (Fsp3) is 0.188.